The second-order valence-corrected chi connectivity index (χ2v) is 4.44. The van der Waals surface area contributed by atoms with Gasteiger partial charge in [0.1, 0.15) is 5.82 Å². The molecule has 4 nitrogen and oxygen atoms in total. The predicted molar refractivity (Wildman–Crippen MR) is 63.6 cm³/mol. The summed E-state index contributed by atoms with van der Waals surface area (Å²) in [4.78, 5) is 8.01. The van der Waals surface area contributed by atoms with Crippen LogP contribution in [0.15, 0.2) is 0 Å². The smallest absolute Gasteiger partial charge is 0.108 e. The van der Waals surface area contributed by atoms with Gasteiger partial charge in [0, 0.05) is 24.7 Å². The molecular weight excluding hydrogens is 202 g/mol. The van der Waals surface area contributed by atoms with E-state index in [1.165, 1.54) is 11.4 Å². The van der Waals surface area contributed by atoms with Gasteiger partial charge in [-0.3, -0.25) is 0 Å². The Labute approximate surface area is 96.8 Å². The molecule has 1 fully saturated rings. The van der Waals surface area contributed by atoms with E-state index in [-0.39, 0.29) is 0 Å². The predicted octanol–water partition coefficient (Wildman–Crippen LogP) is 1.20. The van der Waals surface area contributed by atoms with Crippen LogP contribution in [0.2, 0.25) is 0 Å². The summed E-state index contributed by atoms with van der Waals surface area (Å²) in [5.41, 5.74) is 2.43. The minimum atomic E-state index is 0.411. The molecule has 0 aromatic carbocycles. The number of hydrogen-bond acceptors (Lipinski definition) is 3. The Morgan fingerprint density at radius 3 is 3.06 bits per heavy atom. The summed E-state index contributed by atoms with van der Waals surface area (Å²) in [6.45, 7) is 6.86. The molecule has 90 valence electrons. The summed E-state index contributed by atoms with van der Waals surface area (Å²) >= 11 is 0. The van der Waals surface area contributed by atoms with Crippen LogP contribution in [0.4, 0.5) is 0 Å². The van der Waals surface area contributed by atoms with Gasteiger partial charge in [-0.2, -0.15) is 0 Å². The van der Waals surface area contributed by atoms with Crippen molar-refractivity contribution in [2.24, 2.45) is 0 Å². The van der Waals surface area contributed by atoms with E-state index in [0.717, 1.165) is 44.8 Å². The number of imidazole rings is 1. The summed E-state index contributed by atoms with van der Waals surface area (Å²) in [6.07, 6.45) is 3.15. The molecule has 4 heteroatoms. The van der Waals surface area contributed by atoms with Crippen molar-refractivity contribution in [3.05, 3.63) is 17.2 Å². The number of ether oxygens (including phenoxy) is 1. The van der Waals surface area contributed by atoms with E-state index in [1.807, 2.05) is 0 Å². The van der Waals surface area contributed by atoms with Gasteiger partial charge in [0.15, 0.2) is 0 Å². The van der Waals surface area contributed by atoms with Crippen molar-refractivity contribution < 1.29 is 4.74 Å². The number of nitrogens with zero attached hydrogens (tertiary/aromatic N) is 1. The first-order valence-electron chi connectivity index (χ1n) is 6.15. The number of aryl methyl sites for hydroxylation is 2. The molecule has 16 heavy (non-hydrogen) atoms. The highest BCUT2D eigenvalue weighted by molar-refractivity contribution is 5.13. The zero-order valence-electron chi connectivity index (χ0n) is 10.2. The molecule has 2 heterocycles. The molecule has 2 rings (SSSR count). The Morgan fingerprint density at radius 1 is 1.50 bits per heavy atom. The fourth-order valence-corrected chi connectivity index (χ4v) is 2.12. The first-order chi connectivity index (χ1) is 7.79. The van der Waals surface area contributed by atoms with Crippen molar-refractivity contribution in [1.82, 2.24) is 15.3 Å². The fraction of sp³-hybridized carbons (Fsp3) is 0.750. The van der Waals surface area contributed by atoms with Crippen molar-refractivity contribution in [3.8, 4) is 0 Å². The highest BCUT2D eigenvalue weighted by atomic mass is 16.5. The minimum Gasteiger partial charge on any atom is -0.379 e. The van der Waals surface area contributed by atoms with Gasteiger partial charge < -0.3 is 15.0 Å². The van der Waals surface area contributed by atoms with E-state index in [0.29, 0.717) is 6.04 Å². The lowest BCUT2D eigenvalue weighted by molar-refractivity contribution is 0.0764. The Hall–Kier alpha value is -0.870. The Bertz CT molecular complexity index is 329. The standard InChI is InChI=1S/C12H21N3O/c1-3-4-11-9(2)14-12(15-11)7-10-8-16-6-5-13-10/h10,13H,3-8H2,1-2H3,(H,14,15). The highest BCUT2D eigenvalue weighted by Gasteiger charge is 2.16. The van der Waals surface area contributed by atoms with Crippen LogP contribution in [0.5, 0.6) is 0 Å². The Morgan fingerprint density at radius 2 is 2.38 bits per heavy atom. The van der Waals surface area contributed by atoms with Crippen LogP contribution in [0.1, 0.15) is 30.6 Å². The Balaban J connectivity index is 1.95. The van der Waals surface area contributed by atoms with Gasteiger partial charge in [-0.25, -0.2) is 4.98 Å². The molecule has 1 aliphatic heterocycles. The van der Waals surface area contributed by atoms with E-state index in [4.69, 9.17) is 4.74 Å². The fourth-order valence-electron chi connectivity index (χ4n) is 2.12. The maximum Gasteiger partial charge on any atom is 0.108 e. The van der Waals surface area contributed by atoms with Gasteiger partial charge in [0.2, 0.25) is 0 Å². The second kappa shape index (κ2) is 5.46. The molecule has 1 aromatic rings. The number of rotatable bonds is 4. The highest BCUT2D eigenvalue weighted by Crippen LogP contribution is 2.09. The van der Waals surface area contributed by atoms with Gasteiger partial charge in [0.25, 0.3) is 0 Å². The lowest BCUT2D eigenvalue weighted by Crippen LogP contribution is -2.42. The maximum atomic E-state index is 5.43. The molecule has 1 aromatic heterocycles. The molecule has 0 bridgehead atoms. The molecule has 1 aliphatic rings. The first kappa shape index (κ1) is 11.6. The first-order valence-corrected chi connectivity index (χ1v) is 6.15. The summed E-state index contributed by atoms with van der Waals surface area (Å²) in [7, 11) is 0. The molecule has 1 saturated heterocycles. The summed E-state index contributed by atoms with van der Waals surface area (Å²) in [5.74, 6) is 1.09. The van der Waals surface area contributed by atoms with E-state index in [9.17, 15) is 0 Å². The molecule has 1 unspecified atom stereocenters. The second-order valence-electron chi connectivity index (χ2n) is 4.44. The zero-order valence-corrected chi connectivity index (χ0v) is 10.2. The number of aromatic nitrogens is 2. The quantitative estimate of drug-likeness (QED) is 0.806. The molecule has 0 amide bonds. The van der Waals surface area contributed by atoms with Crippen molar-refractivity contribution in [2.75, 3.05) is 19.8 Å². The van der Waals surface area contributed by atoms with Crippen LogP contribution >= 0.6 is 0 Å². The largest absolute Gasteiger partial charge is 0.379 e. The summed E-state index contributed by atoms with van der Waals surface area (Å²) < 4.78 is 5.43. The van der Waals surface area contributed by atoms with Crippen molar-refractivity contribution in [3.63, 3.8) is 0 Å². The van der Waals surface area contributed by atoms with Crippen LogP contribution in [0.25, 0.3) is 0 Å². The lowest BCUT2D eigenvalue weighted by Gasteiger charge is -2.22. The maximum absolute atomic E-state index is 5.43. The topological polar surface area (TPSA) is 49.9 Å². The van der Waals surface area contributed by atoms with Gasteiger partial charge >= 0.3 is 0 Å². The third-order valence-electron chi connectivity index (χ3n) is 2.96. The van der Waals surface area contributed by atoms with Gasteiger partial charge in [0.05, 0.1) is 18.9 Å². The average Bonchev–Trinajstić information content (AvgIpc) is 2.61. The van der Waals surface area contributed by atoms with E-state index in [2.05, 4.69) is 29.1 Å². The third kappa shape index (κ3) is 2.83. The van der Waals surface area contributed by atoms with Gasteiger partial charge in [-0.15, -0.1) is 0 Å². The number of H-pyrrole nitrogens is 1. The molecular formula is C12H21N3O. The van der Waals surface area contributed by atoms with Crippen LogP contribution in [0.3, 0.4) is 0 Å². The molecule has 0 aliphatic carbocycles. The lowest BCUT2D eigenvalue weighted by atomic mass is 10.2. The average molecular weight is 223 g/mol. The van der Waals surface area contributed by atoms with E-state index < -0.39 is 0 Å². The van der Waals surface area contributed by atoms with Gasteiger partial charge in [-0.1, -0.05) is 13.3 Å². The van der Waals surface area contributed by atoms with E-state index in [1.54, 1.807) is 0 Å². The van der Waals surface area contributed by atoms with Crippen molar-refractivity contribution in [2.45, 2.75) is 39.2 Å². The number of nitrogens with one attached hydrogen (secondary N) is 2. The number of morpholine rings is 1. The number of aromatic amines is 1. The van der Waals surface area contributed by atoms with E-state index >= 15 is 0 Å². The summed E-state index contributed by atoms with van der Waals surface area (Å²) in [5, 5.41) is 3.44. The summed E-state index contributed by atoms with van der Waals surface area (Å²) in [6, 6.07) is 0.411. The van der Waals surface area contributed by atoms with Crippen LogP contribution in [-0.4, -0.2) is 35.8 Å². The normalized spacial score (nSPS) is 21.2. The van der Waals surface area contributed by atoms with Crippen LogP contribution in [0, 0.1) is 6.92 Å². The zero-order chi connectivity index (χ0) is 11.4. The van der Waals surface area contributed by atoms with Crippen LogP contribution < -0.4 is 5.32 Å². The SMILES string of the molecule is CCCc1nc(CC2COCCN2)[nH]c1C. The minimum absolute atomic E-state index is 0.411. The van der Waals surface area contributed by atoms with Crippen LogP contribution in [-0.2, 0) is 17.6 Å². The molecule has 1 atom stereocenters. The van der Waals surface area contributed by atoms with Crippen molar-refractivity contribution in [1.29, 1.82) is 0 Å². The molecule has 0 saturated carbocycles. The molecule has 2 N–H and O–H groups in total. The monoisotopic (exact) mass is 223 g/mol. The molecule has 0 radical (unpaired) electrons. The number of hydrogen-bond donors (Lipinski definition) is 2. The Kier molecular flexibility index (Phi) is 3.96. The molecule has 0 spiro atoms. The third-order valence-corrected chi connectivity index (χ3v) is 2.96. The van der Waals surface area contributed by atoms with Gasteiger partial charge in [-0.05, 0) is 13.3 Å². The van der Waals surface area contributed by atoms with Crippen molar-refractivity contribution >= 4 is 0 Å².